The van der Waals surface area contributed by atoms with Gasteiger partial charge in [-0.1, -0.05) is 37.3 Å². The van der Waals surface area contributed by atoms with Crippen LogP contribution in [0.2, 0.25) is 5.02 Å². The Balaban J connectivity index is 2.06. The molecular weight excluding hydrogens is 310 g/mol. The van der Waals surface area contributed by atoms with Crippen LogP contribution in [0, 0.1) is 0 Å². The van der Waals surface area contributed by atoms with Gasteiger partial charge in [0.25, 0.3) is 0 Å². The maximum atomic E-state index is 6.25. The number of aromatic nitrogens is 2. The van der Waals surface area contributed by atoms with Gasteiger partial charge in [-0.25, -0.2) is 9.97 Å². The first kappa shape index (κ1) is 16.1. The summed E-state index contributed by atoms with van der Waals surface area (Å²) in [6.07, 6.45) is 10.9. The molecule has 2 aromatic rings. The van der Waals surface area contributed by atoms with Crippen molar-refractivity contribution in [3.8, 4) is 5.75 Å². The van der Waals surface area contributed by atoms with Crippen LogP contribution >= 0.6 is 11.6 Å². The quantitative estimate of drug-likeness (QED) is 0.739. The van der Waals surface area contributed by atoms with Crippen molar-refractivity contribution in [1.29, 1.82) is 0 Å². The summed E-state index contributed by atoms with van der Waals surface area (Å²) in [6, 6.07) is 7.91. The maximum absolute atomic E-state index is 6.25. The van der Waals surface area contributed by atoms with Crippen LogP contribution < -0.4 is 9.64 Å². The first-order valence-electron chi connectivity index (χ1n) is 8.19. The van der Waals surface area contributed by atoms with Crippen molar-refractivity contribution in [1.82, 2.24) is 9.97 Å². The summed E-state index contributed by atoms with van der Waals surface area (Å²) in [5, 5.41) is 0.690. The first-order valence-corrected chi connectivity index (χ1v) is 8.57. The highest BCUT2D eigenvalue weighted by Crippen LogP contribution is 2.38. The molecule has 122 valence electrons. The molecule has 4 nitrogen and oxygen atoms in total. The van der Waals surface area contributed by atoms with E-state index in [9.17, 15) is 0 Å². The second-order valence-electron chi connectivity index (χ2n) is 5.88. The molecule has 1 fully saturated rings. The molecule has 0 radical (unpaired) electrons. The van der Waals surface area contributed by atoms with Crippen LogP contribution in [0.25, 0.3) is 0 Å². The molecule has 0 saturated heterocycles. The minimum atomic E-state index is 0.368. The lowest BCUT2D eigenvalue weighted by Gasteiger charge is -2.32. The normalized spacial score (nSPS) is 15.9. The Labute approximate surface area is 142 Å². The van der Waals surface area contributed by atoms with Crippen LogP contribution in [-0.2, 0) is 0 Å². The summed E-state index contributed by atoms with van der Waals surface area (Å²) in [7, 11) is 1.68. The van der Waals surface area contributed by atoms with Crippen LogP contribution in [0.5, 0.6) is 5.75 Å². The van der Waals surface area contributed by atoms with Crippen molar-refractivity contribution in [2.75, 3.05) is 12.0 Å². The molecule has 0 aliphatic heterocycles. The van der Waals surface area contributed by atoms with Gasteiger partial charge < -0.3 is 9.64 Å². The molecule has 0 atom stereocenters. The standard InChI is InChI=1S/C18H22ClN3O/c1-23-17-10-9-14(19)13-16(17)22(18-20-11-6-12-21-18)15-7-4-2-3-5-8-15/h6,9-13,15H,2-5,7-8H2,1H3. The first-order chi connectivity index (χ1) is 11.3. The van der Waals surface area contributed by atoms with Crippen molar-refractivity contribution in [3.05, 3.63) is 41.7 Å². The lowest BCUT2D eigenvalue weighted by Crippen LogP contribution is -2.32. The van der Waals surface area contributed by atoms with Crippen LogP contribution in [0.15, 0.2) is 36.7 Å². The molecule has 0 bridgehead atoms. The SMILES string of the molecule is COc1ccc(Cl)cc1N(c1ncccn1)C1CCCCCC1. The fourth-order valence-corrected chi connectivity index (χ4v) is 3.42. The molecule has 0 unspecified atom stereocenters. The van der Waals surface area contributed by atoms with Gasteiger partial charge in [-0.3, -0.25) is 0 Å². The lowest BCUT2D eigenvalue weighted by atomic mass is 10.1. The van der Waals surface area contributed by atoms with Crippen LogP contribution in [0.1, 0.15) is 38.5 Å². The molecule has 23 heavy (non-hydrogen) atoms. The van der Waals surface area contributed by atoms with Crippen molar-refractivity contribution in [2.24, 2.45) is 0 Å². The average molecular weight is 332 g/mol. The van der Waals surface area contributed by atoms with Crippen LogP contribution in [0.3, 0.4) is 0 Å². The number of ether oxygens (including phenoxy) is 1. The van der Waals surface area contributed by atoms with E-state index < -0.39 is 0 Å². The van der Waals surface area contributed by atoms with Gasteiger partial charge in [0.05, 0.1) is 12.8 Å². The van der Waals surface area contributed by atoms with Gasteiger partial charge in [0.2, 0.25) is 5.95 Å². The largest absolute Gasteiger partial charge is 0.495 e. The van der Waals surface area contributed by atoms with Gasteiger partial charge in [0, 0.05) is 23.5 Å². The summed E-state index contributed by atoms with van der Waals surface area (Å²) in [6.45, 7) is 0. The Morgan fingerprint density at radius 1 is 1.09 bits per heavy atom. The Morgan fingerprint density at radius 2 is 1.78 bits per heavy atom. The minimum Gasteiger partial charge on any atom is -0.495 e. The number of rotatable bonds is 4. The van der Waals surface area contributed by atoms with E-state index in [2.05, 4.69) is 14.9 Å². The van der Waals surface area contributed by atoms with Gasteiger partial charge in [-0.15, -0.1) is 0 Å². The predicted octanol–water partition coefficient (Wildman–Crippen LogP) is 5.00. The minimum absolute atomic E-state index is 0.368. The summed E-state index contributed by atoms with van der Waals surface area (Å²) < 4.78 is 5.57. The smallest absolute Gasteiger partial charge is 0.230 e. The number of anilines is 2. The molecule has 1 saturated carbocycles. The van der Waals surface area contributed by atoms with Gasteiger partial charge in [-0.2, -0.15) is 0 Å². The van der Waals surface area contributed by atoms with Crippen molar-refractivity contribution >= 4 is 23.2 Å². The Kier molecular flexibility index (Phi) is 5.34. The van der Waals surface area contributed by atoms with E-state index >= 15 is 0 Å². The summed E-state index contributed by atoms with van der Waals surface area (Å²) in [4.78, 5) is 11.2. The van der Waals surface area contributed by atoms with Crippen molar-refractivity contribution < 1.29 is 4.74 Å². The predicted molar refractivity (Wildman–Crippen MR) is 93.7 cm³/mol. The lowest BCUT2D eigenvalue weighted by molar-refractivity contribution is 0.412. The van der Waals surface area contributed by atoms with E-state index in [1.165, 1.54) is 25.7 Å². The highest BCUT2D eigenvalue weighted by atomic mass is 35.5. The maximum Gasteiger partial charge on any atom is 0.230 e. The number of hydrogen-bond acceptors (Lipinski definition) is 4. The molecule has 0 N–H and O–H groups in total. The van der Waals surface area contributed by atoms with E-state index in [1.807, 2.05) is 24.3 Å². The number of methoxy groups -OCH3 is 1. The van der Waals surface area contributed by atoms with E-state index in [0.717, 1.165) is 24.3 Å². The zero-order valence-electron chi connectivity index (χ0n) is 13.4. The van der Waals surface area contributed by atoms with E-state index in [-0.39, 0.29) is 0 Å². The van der Waals surface area contributed by atoms with Crippen LogP contribution in [0.4, 0.5) is 11.6 Å². The topological polar surface area (TPSA) is 38.2 Å². The fraction of sp³-hybridized carbons (Fsp3) is 0.444. The molecule has 5 heteroatoms. The summed E-state index contributed by atoms with van der Waals surface area (Å²) in [5.41, 5.74) is 0.943. The number of benzene rings is 1. The highest BCUT2D eigenvalue weighted by molar-refractivity contribution is 6.31. The van der Waals surface area contributed by atoms with E-state index in [4.69, 9.17) is 16.3 Å². The fourth-order valence-electron chi connectivity index (χ4n) is 3.25. The monoisotopic (exact) mass is 331 g/mol. The Hall–Kier alpha value is -1.81. The van der Waals surface area contributed by atoms with E-state index in [1.54, 1.807) is 19.5 Å². The Bertz CT molecular complexity index is 627. The third kappa shape index (κ3) is 3.75. The second kappa shape index (κ2) is 7.64. The number of nitrogens with zero attached hydrogens (tertiary/aromatic N) is 3. The highest BCUT2D eigenvalue weighted by Gasteiger charge is 2.26. The van der Waals surface area contributed by atoms with Crippen molar-refractivity contribution in [2.45, 2.75) is 44.6 Å². The van der Waals surface area contributed by atoms with E-state index in [0.29, 0.717) is 17.0 Å². The van der Waals surface area contributed by atoms with Gasteiger partial charge >= 0.3 is 0 Å². The second-order valence-corrected chi connectivity index (χ2v) is 6.32. The average Bonchev–Trinajstić information content (AvgIpc) is 2.86. The third-order valence-electron chi connectivity index (χ3n) is 4.36. The molecular formula is C18H22ClN3O. The molecule has 3 rings (SSSR count). The van der Waals surface area contributed by atoms with Gasteiger partial charge in [0.15, 0.2) is 0 Å². The zero-order chi connectivity index (χ0) is 16.1. The summed E-state index contributed by atoms with van der Waals surface area (Å²) >= 11 is 6.25. The molecule has 0 amide bonds. The molecule has 1 aliphatic carbocycles. The number of halogens is 1. The molecule has 0 spiro atoms. The van der Waals surface area contributed by atoms with Crippen LogP contribution in [-0.4, -0.2) is 23.1 Å². The molecule has 1 aromatic carbocycles. The summed E-state index contributed by atoms with van der Waals surface area (Å²) in [5.74, 6) is 1.51. The van der Waals surface area contributed by atoms with Gasteiger partial charge in [0.1, 0.15) is 5.75 Å². The third-order valence-corrected chi connectivity index (χ3v) is 4.59. The molecule has 1 aromatic heterocycles. The van der Waals surface area contributed by atoms with Gasteiger partial charge in [-0.05, 0) is 37.1 Å². The number of hydrogen-bond donors (Lipinski definition) is 0. The molecule has 1 aliphatic rings. The Morgan fingerprint density at radius 3 is 2.43 bits per heavy atom. The van der Waals surface area contributed by atoms with Crippen molar-refractivity contribution in [3.63, 3.8) is 0 Å². The zero-order valence-corrected chi connectivity index (χ0v) is 14.2. The molecule has 1 heterocycles.